The van der Waals surface area contributed by atoms with Crippen molar-refractivity contribution in [2.24, 2.45) is 5.92 Å². The number of nitrogens with zero attached hydrogens (tertiary/aromatic N) is 4. The van der Waals surface area contributed by atoms with Gasteiger partial charge in [0.05, 0.1) is 26.5 Å². The number of imidazole rings is 1. The van der Waals surface area contributed by atoms with E-state index in [1.54, 1.807) is 42.9 Å². The van der Waals surface area contributed by atoms with Gasteiger partial charge in [0.25, 0.3) is 0 Å². The monoisotopic (exact) mass is 537 g/mol. The van der Waals surface area contributed by atoms with Crippen LogP contribution in [0.3, 0.4) is 0 Å². The lowest BCUT2D eigenvalue weighted by Crippen LogP contribution is -2.26. The lowest BCUT2D eigenvalue weighted by atomic mass is 10.2. The van der Waals surface area contributed by atoms with Gasteiger partial charge in [-0.15, -0.1) is 0 Å². The van der Waals surface area contributed by atoms with Crippen LogP contribution in [0.25, 0.3) is 11.2 Å². The van der Waals surface area contributed by atoms with E-state index in [0.717, 1.165) is 0 Å². The predicted octanol–water partition coefficient (Wildman–Crippen LogP) is 3.17. The summed E-state index contributed by atoms with van der Waals surface area (Å²) in [6, 6.07) is 4.85. The van der Waals surface area contributed by atoms with E-state index in [1.807, 2.05) is 0 Å². The van der Waals surface area contributed by atoms with Crippen LogP contribution in [0.1, 0.15) is 36.0 Å². The third-order valence-corrected chi connectivity index (χ3v) is 8.69. The van der Waals surface area contributed by atoms with Gasteiger partial charge in [0.2, 0.25) is 11.9 Å². The minimum absolute atomic E-state index is 0.0517. The maximum Gasteiger partial charge on any atom is 0.342 e. The first-order valence-electron chi connectivity index (χ1n) is 11.3. The van der Waals surface area contributed by atoms with Gasteiger partial charge in [-0.05, 0) is 24.3 Å². The van der Waals surface area contributed by atoms with Gasteiger partial charge < -0.3 is 23.9 Å². The number of aliphatic hydroxyl groups excluding tert-OH is 1. The molecule has 2 aromatic heterocycles. The largest absolute Gasteiger partial charge is 0.497 e. The summed E-state index contributed by atoms with van der Waals surface area (Å²) in [7, 11) is 2.01. The summed E-state index contributed by atoms with van der Waals surface area (Å²) >= 11 is 6.34. The summed E-state index contributed by atoms with van der Waals surface area (Å²) in [6.45, 7) is 3.51. The Morgan fingerprint density at radius 3 is 2.72 bits per heavy atom. The number of amides is 1. The molecule has 1 aliphatic heterocycles. The molecular weight excluding hydrogens is 510 g/mol. The lowest BCUT2D eigenvalue weighted by Gasteiger charge is -2.28. The Hall–Kier alpha value is -3.09. The second-order valence-corrected chi connectivity index (χ2v) is 11.3. The molecule has 11 nitrogen and oxygen atoms in total. The van der Waals surface area contributed by atoms with Gasteiger partial charge in [0.1, 0.15) is 34.1 Å². The van der Waals surface area contributed by atoms with Crippen molar-refractivity contribution in [2.45, 2.75) is 31.7 Å². The third-order valence-electron chi connectivity index (χ3n) is 5.90. The molecule has 1 aromatic carbocycles. The van der Waals surface area contributed by atoms with Gasteiger partial charge in [-0.25, -0.2) is 20.7 Å². The molecule has 4 rings (SSSR count). The summed E-state index contributed by atoms with van der Waals surface area (Å²) in [4.78, 5) is 38.3. The molecule has 0 bridgehead atoms. The van der Waals surface area contributed by atoms with Crippen molar-refractivity contribution in [2.75, 3.05) is 31.2 Å². The minimum Gasteiger partial charge on any atom is -0.497 e. The molecule has 2 N–H and O–H groups in total. The van der Waals surface area contributed by atoms with E-state index in [-0.39, 0.29) is 34.4 Å². The van der Waals surface area contributed by atoms with Crippen molar-refractivity contribution in [3.05, 3.63) is 35.2 Å². The van der Waals surface area contributed by atoms with Crippen molar-refractivity contribution >= 4 is 51.5 Å². The summed E-state index contributed by atoms with van der Waals surface area (Å²) < 4.78 is 18.2. The van der Waals surface area contributed by atoms with Crippen LogP contribution in [-0.2, 0) is 9.53 Å². The summed E-state index contributed by atoms with van der Waals surface area (Å²) in [5.41, 5.74) is 0.989. The highest BCUT2D eigenvalue weighted by atomic mass is 35.5. The van der Waals surface area contributed by atoms with Crippen molar-refractivity contribution in [1.29, 1.82) is 0 Å². The molecule has 1 amide bonds. The SMILES string of the molecule is COc1ccc(C(=O)O[C@@H]2CC[SH](CO)[C@H]2n2cnc3c(Cl)nc(NC(=O)C(C)C)nc32)c(OC)c1. The number of methoxy groups -OCH3 is 2. The first-order chi connectivity index (χ1) is 17.3. The molecule has 194 valence electrons. The van der Waals surface area contributed by atoms with Crippen LogP contribution in [-0.4, -0.2) is 68.5 Å². The van der Waals surface area contributed by atoms with Crippen LogP contribution in [0.5, 0.6) is 11.5 Å². The Morgan fingerprint density at radius 1 is 1.28 bits per heavy atom. The number of fused-ring (bicyclic) bond motifs is 1. The summed E-state index contributed by atoms with van der Waals surface area (Å²) in [5, 5.41) is 12.4. The normalized spacial score (nSPS) is 20.5. The number of aliphatic hydroxyl groups is 1. The zero-order chi connectivity index (χ0) is 26.0. The standard InChI is InChI=1S/C23H28ClN5O6S/c1-12(2)20(31)28-23-26-18(24)17-19(27-23)29(10-25-17)21-15(7-8-36(21)11-30)35-22(32)14-6-5-13(33-3)9-16(14)34-4/h5-6,9-10,12,15,21,30,36H,7-8,11H2,1-4H3,(H,26,27,28,31)/t15-,21-/m1/s1. The number of thiol groups is 1. The molecule has 0 spiro atoms. The Labute approximate surface area is 215 Å². The first-order valence-corrected chi connectivity index (χ1v) is 13.4. The number of aromatic nitrogens is 4. The number of anilines is 1. The zero-order valence-electron chi connectivity index (χ0n) is 20.3. The molecule has 0 radical (unpaired) electrons. The highest BCUT2D eigenvalue weighted by Gasteiger charge is 2.39. The number of carbonyl (C=O) groups is 2. The van der Waals surface area contributed by atoms with E-state index >= 15 is 0 Å². The van der Waals surface area contributed by atoms with Crippen LogP contribution < -0.4 is 14.8 Å². The number of hydrogen-bond acceptors (Lipinski definition) is 9. The van der Waals surface area contributed by atoms with Crippen molar-refractivity contribution in [3.8, 4) is 11.5 Å². The van der Waals surface area contributed by atoms with Crippen LogP contribution in [0.2, 0.25) is 5.15 Å². The van der Waals surface area contributed by atoms with Crippen molar-refractivity contribution in [1.82, 2.24) is 19.5 Å². The Balaban J connectivity index is 1.67. The van der Waals surface area contributed by atoms with Gasteiger partial charge in [-0.1, -0.05) is 25.4 Å². The number of benzene rings is 1. The Morgan fingerprint density at radius 2 is 2.06 bits per heavy atom. The van der Waals surface area contributed by atoms with E-state index in [2.05, 4.69) is 20.3 Å². The molecule has 1 saturated heterocycles. The molecular formula is C23H28ClN5O6S. The van der Waals surface area contributed by atoms with Crippen LogP contribution in [0.4, 0.5) is 5.95 Å². The molecule has 1 unspecified atom stereocenters. The van der Waals surface area contributed by atoms with Crippen LogP contribution >= 0.6 is 22.5 Å². The minimum atomic E-state index is -0.975. The van der Waals surface area contributed by atoms with Gasteiger partial charge in [-0.2, -0.15) is 9.97 Å². The number of ether oxygens (including phenoxy) is 3. The predicted molar refractivity (Wildman–Crippen MR) is 137 cm³/mol. The maximum absolute atomic E-state index is 13.1. The second kappa shape index (κ2) is 10.9. The van der Waals surface area contributed by atoms with E-state index in [1.165, 1.54) is 14.2 Å². The van der Waals surface area contributed by atoms with E-state index in [0.29, 0.717) is 34.8 Å². The van der Waals surface area contributed by atoms with Crippen molar-refractivity contribution in [3.63, 3.8) is 0 Å². The topological polar surface area (TPSA) is 138 Å². The number of carbonyl (C=O) groups excluding carboxylic acids is 2. The van der Waals surface area contributed by atoms with Crippen LogP contribution in [0.15, 0.2) is 24.5 Å². The fourth-order valence-electron chi connectivity index (χ4n) is 3.99. The quantitative estimate of drug-likeness (QED) is 0.225. The Bertz CT molecular complexity index is 1290. The number of halogens is 1. The highest BCUT2D eigenvalue weighted by Crippen LogP contribution is 2.51. The summed E-state index contributed by atoms with van der Waals surface area (Å²) in [6.07, 6.45) is 1.55. The molecule has 1 aliphatic rings. The van der Waals surface area contributed by atoms with Gasteiger partial charge in [0.15, 0.2) is 10.8 Å². The van der Waals surface area contributed by atoms with Crippen molar-refractivity contribution < 1.29 is 28.9 Å². The smallest absolute Gasteiger partial charge is 0.342 e. The summed E-state index contributed by atoms with van der Waals surface area (Å²) in [5.74, 6) is 0.471. The van der Waals surface area contributed by atoms with E-state index in [9.17, 15) is 14.7 Å². The van der Waals surface area contributed by atoms with E-state index in [4.69, 9.17) is 25.8 Å². The van der Waals surface area contributed by atoms with Crippen LogP contribution in [0, 0.1) is 5.92 Å². The molecule has 3 heterocycles. The average Bonchev–Trinajstić information content (AvgIpc) is 3.46. The molecule has 3 aromatic rings. The molecule has 0 aliphatic carbocycles. The van der Waals surface area contributed by atoms with Gasteiger partial charge in [0, 0.05) is 12.0 Å². The molecule has 36 heavy (non-hydrogen) atoms. The Kier molecular flexibility index (Phi) is 7.86. The zero-order valence-corrected chi connectivity index (χ0v) is 21.9. The fraction of sp³-hybridized carbons (Fsp3) is 0.435. The third kappa shape index (κ3) is 5.06. The van der Waals surface area contributed by atoms with Gasteiger partial charge >= 0.3 is 5.97 Å². The first kappa shape index (κ1) is 26.0. The number of esters is 1. The molecule has 3 atom stereocenters. The van der Waals surface area contributed by atoms with Gasteiger partial charge in [-0.3, -0.25) is 10.1 Å². The highest BCUT2D eigenvalue weighted by molar-refractivity contribution is 8.17. The number of hydrogen-bond donors (Lipinski definition) is 3. The van der Waals surface area contributed by atoms with E-state index < -0.39 is 28.3 Å². The molecule has 13 heteroatoms. The average molecular weight is 538 g/mol. The number of nitrogens with one attached hydrogen (secondary N) is 1. The number of rotatable bonds is 8. The molecule has 1 fully saturated rings. The maximum atomic E-state index is 13.1. The lowest BCUT2D eigenvalue weighted by molar-refractivity contribution is -0.118. The second-order valence-electron chi connectivity index (χ2n) is 8.47. The fourth-order valence-corrected chi connectivity index (χ4v) is 6.57. The molecule has 0 saturated carbocycles.